The van der Waals surface area contributed by atoms with Gasteiger partial charge >= 0.3 is 0 Å². The highest BCUT2D eigenvalue weighted by Gasteiger charge is 2.11. The molecule has 1 heterocycles. The van der Waals surface area contributed by atoms with E-state index in [4.69, 9.17) is 9.73 Å². The van der Waals surface area contributed by atoms with Gasteiger partial charge in [0.05, 0.1) is 19.1 Å². The van der Waals surface area contributed by atoms with Gasteiger partial charge in [-0.2, -0.15) is 0 Å². The van der Waals surface area contributed by atoms with Crippen molar-refractivity contribution in [2.24, 2.45) is 12.0 Å². The normalized spacial score (nSPS) is 12.3. The maximum absolute atomic E-state index is 5.77. The topological polar surface area (TPSA) is 76.4 Å². The van der Waals surface area contributed by atoms with Gasteiger partial charge in [-0.15, -0.1) is 10.2 Å². The molecule has 0 bridgehead atoms. The molecule has 0 aliphatic carbocycles. The zero-order valence-electron chi connectivity index (χ0n) is 18.4. The first kappa shape index (κ1) is 22.1. The summed E-state index contributed by atoms with van der Waals surface area (Å²) >= 11 is 0. The van der Waals surface area contributed by atoms with Crippen LogP contribution in [0.15, 0.2) is 72.2 Å². The molecule has 2 N–H and O–H groups in total. The smallest absolute Gasteiger partial charge is 0.192 e. The summed E-state index contributed by atoms with van der Waals surface area (Å²) in [5.41, 5.74) is 2.19. The Kier molecular flexibility index (Phi) is 7.81. The van der Waals surface area contributed by atoms with E-state index in [0.717, 1.165) is 23.0 Å². The Morgan fingerprint density at radius 1 is 1.16 bits per heavy atom. The standard InChI is InChI=1S/C24H30N6O/c1-5-15-31-22-14-10-9-13-21(22)16-25-24(26-17-23-29-28-19(3)30(23)4)27-18(2)20-11-7-6-8-12-20/h5-14,18H,1,15-17H2,2-4H3,(H2,25,26,27). The number of nitrogens with one attached hydrogen (secondary N) is 2. The fourth-order valence-corrected chi connectivity index (χ4v) is 3.04. The third kappa shape index (κ3) is 6.18. The number of aromatic nitrogens is 3. The van der Waals surface area contributed by atoms with Crippen LogP contribution in [0.4, 0.5) is 0 Å². The zero-order chi connectivity index (χ0) is 22.1. The highest BCUT2D eigenvalue weighted by molar-refractivity contribution is 5.80. The lowest BCUT2D eigenvalue weighted by Crippen LogP contribution is -2.39. The van der Waals surface area contributed by atoms with Gasteiger partial charge in [0, 0.05) is 12.6 Å². The molecule has 0 radical (unpaired) electrons. The predicted octanol–water partition coefficient (Wildman–Crippen LogP) is 3.68. The minimum atomic E-state index is 0.0842. The van der Waals surface area contributed by atoms with Gasteiger partial charge in [0.2, 0.25) is 0 Å². The number of aliphatic imine (C=N–C) groups is 1. The van der Waals surface area contributed by atoms with Crippen molar-refractivity contribution in [2.75, 3.05) is 6.61 Å². The van der Waals surface area contributed by atoms with E-state index in [1.54, 1.807) is 6.08 Å². The van der Waals surface area contributed by atoms with Gasteiger partial charge in [-0.3, -0.25) is 0 Å². The van der Waals surface area contributed by atoms with E-state index in [0.29, 0.717) is 25.7 Å². The summed E-state index contributed by atoms with van der Waals surface area (Å²) in [4.78, 5) is 4.81. The fourth-order valence-electron chi connectivity index (χ4n) is 3.04. The molecule has 7 heteroatoms. The molecule has 1 unspecified atom stereocenters. The van der Waals surface area contributed by atoms with Crippen LogP contribution in [0.25, 0.3) is 0 Å². The van der Waals surface area contributed by atoms with Crippen LogP contribution in [0.5, 0.6) is 5.75 Å². The minimum absolute atomic E-state index is 0.0842. The van der Waals surface area contributed by atoms with E-state index in [1.807, 2.05) is 61.0 Å². The van der Waals surface area contributed by atoms with Gasteiger partial charge in [0.25, 0.3) is 0 Å². The molecule has 7 nitrogen and oxygen atoms in total. The number of para-hydroxylation sites is 1. The van der Waals surface area contributed by atoms with E-state index < -0.39 is 0 Å². The molecule has 0 spiro atoms. The monoisotopic (exact) mass is 418 g/mol. The van der Waals surface area contributed by atoms with Crippen LogP contribution >= 0.6 is 0 Å². The number of benzene rings is 2. The Morgan fingerprint density at radius 2 is 1.90 bits per heavy atom. The number of nitrogens with zero attached hydrogens (tertiary/aromatic N) is 4. The van der Waals surface area contributed by atoms with Crippen LogP contribution in [-0.2, 0) is 20.1 Å². The molecular formula is C24H30N6O. The van der Waals surface area contributed by atoms with Gasteiger partial charge < -0.3 is 19.9 Å². The quantitative estimate of drug-likeness (QED) is 0.315. The van der Waals surface area contributed by atoms with Crippen LogP contribution in [-0.4, -0.2) is 27.3 Å². The van der Waals surface area contributed by atoms with E-state index in [2.05, 4.69) is 46.5 Å². The summed E-state index contributed by atoms with van der Waals surface area (Å²) < 4.78 is 7.73. The highest BCUT2D eigenvalue weighted by atomic mass is 16.5. The summed E-state index contributed by atoms with van der Waals surface area (Å²) in [7, 11) is 1.95. The van der Waals surface area contributed by atoms with E-state index in [9.17, 15) is 0 Å². The molecular weight excluding hydrogens is 388 g/mol. The first-order valence-electron chi connectivity index (χ1n) is 10.3. The second kappa shape index (κ2) is 11.0. The van der Waals surface area contributed by atoms with Crippen molar-refractivity contribution in [1.29, 1.82) is 0 Å². The second-order valence-electron chi connectivity index (χ2n) is 7.22. The Bertz CT molecular complexity index is 1010. The lowest BCUT2D eigenvalue weighted by molar-refractivity contribution is 0.359. The van der Waals surface area contributed by atoms with Gasteiger partial charge in [-0.25, -0.2) is 4.99 Å². The molecule has 2 aromatic carbocycles. The number of hydrogen-bond acceptors (Lipinski definition) is 4. The van der Waals surface area contributed by atoms with Gasteiger partial charge in [0.15, 0.2) is 11.8 Å². The first-order chi connectivity index (χ1) is 15.1. The molecule has 0 aliphatic rings. The summed E-state index contributed by atoms with van der Waals surface area (Å²) in [6.45, 7) is 9.21. The van der Waals surface area contributed by atoms with Gasteiger partial charge in [0.1, 0.15) is 18.2 Å². The van der Waals surface area contributed by atoms with Crippen molar-refractivity contribution in [3.63, 3.8) is 0 Å². The number of ether oxygens (including phenoxy) is 1. The average molecular weight is 419 g/mol. The van der Waals surface area contributed by atoms with Crippen LogP contribution in [0.3, 0.4) is 0 Å². The lowest BCUT2D eigenvalue weighted by atomic mass is 10.1. The van der Waals surface area contributed by atoms with E-state index in [-0.39, 0.29) is 6.04 Å². The maximum atomic E-state index is 5.77. The van der Waals surface area contributed by atoms with Crippen molar-refractivity contribution in [2.45, 2.75) is 33.0 Å². The zero-order valence-corrected chi connectivity index (χ0v) is 18.4. The molecule has 0 amide bonds. The molecule has 1 atom stereocenters. The van der Waals surface area contributed by atoms with Crippen molar-refractivity contribution in [1.82, 2.24) is 25.4 Å². The lowest BCUT2D eigenvalue weighted by Gasteiger charge is -2.19. The predicted molar refractivity (Wildman–Crippen MR) is 124 cm³/mol. The van der Waals surface area contributed by atoms with Gasteiger partial charge in [-0.05, 0) is 25.5 Å². The van der Waals surface area contributed by atoms with Crippen LogP contribution in [0.2, 0.25) is 0 Å². The fraction of sp³-hybridized carbons (Fsp3) is 0.292. The summed E-state index contributed by atoms with van der Waals surface area (Å²) in [5, 5.41) is 15.2. The van der Waals surface area contributed by atoms with Crippen LogP contribution < -0.4 is 15.4 Å². The Morgan fingerprint density at radius 3 is 2.61 bits per heavy atom. The Labute approximate surface area is 183 Å². The van der Waals surface area contributed by atoms with Crippen molar-refractivity contribution in [3.8, 4) is 5.75 Å². The summed E-state index contributed by atoms with van der Waals surface area (Å²) in [6.07, 6.45) is 1.74. The second-order valence-corrected chi connectivity index (χ2v) is 7.22. The molecule has 0 saturated heterocycles. The van der Waals surface area contributed by atoms with Crippen LogP contribution in [0, 0.1) is 6.92 Å². The van der Waals surface area contributed by atoms with Gasteiger partial charge in [-0.1, -0.05) is 61.2 Å². The highest BCUT2D eigenvalue weighted by Crippen LogP contribution is 2.19. The number of guanidine groups is 1. The number of rotatable bonds is 9. The molecule has 3 aromatic rings. The molecule has 0 saturated carbocycles. The Hall–Kier alpha value is -3.61. The van der Waals surface area contributed by atoms with E-state index in [1.165, 1.54) is 5.56 Å². The molecule has 1 aromatic heterocycles. The molecule has 0 fully saturated rings. The number of hydrogen-bond donors (Lipinski definition) is 2. The van der Waals surface area contributed by atoms with Crippen molar-refractivity contribution < 1.29 is 4.74 Å². The molecule has 162 valence electrons. The third-order valence-corrected chi connectivity index (χ3v) is 4.99. The van der Waals surface area contributed by atoms with Crippen molar-refractivity contribution >= 4 is 5.96 Å². The van der Waals surface area contributed by atoms with E-state index >= 15 is 0 Å². The first-order valence-corrected chi connectivity index (χ1v) is 10.3. The molecule has 3 rings (SSSR count). The molecule has 31 heavy (non-hydrogen) atoms. The molecule has 0 aliphatic heterocycles. The number of aryl methyl sites for hydroxylation is 1. The largest absolute Gasteiger partial charge is 0.489 e. The third-order valence-electron chi connectivity index (χ3n) is 4.99. The summed E-state index contributed by atoms with van der Waals surface area (Å²) in [6, 6.07) is 18.3. The Balaban J connectivity index is 1.77. The van der Waals surface area contributed by atoms with Crippen molar-refractivity contribution in [3.05, 3.63) is 90.0 Å². The minimum Gasteiger partial charge on any atom is -0.489 e. The average Bonchev–Trinajstić information content (AvgIpc) is 3.12. The maximum Gasteiger partial charge on any atom is 0.192 e. The van der Waals surface area contributed by atoms with Crippen LogP contribution in [0.1, 0.15) is 35.7 Å². The summed E-state index contributed by atoms with van der Waals surface area (Å²) in [5.74, 6) is 3.21. The SMILES string of the molecule is C=CCOc1ccccc1CN=C(NCc1nnc(C)n1C)NC(C)c1ccccc1.